The van der Waals surface area contributed by atoms with Crippen molar-refractivity contribution in [2.24, 2.45) is 11.3 Å². The molecule has 1 aliphatic carbocycles. The average Bonchev–Trinajstić information content (AvgIpc) is 3.11. The molecule has 0 radical (unpaired) electrons. The van der Waals surface area contributed by atoms with E-state index in [0.717, 1.165) is 31.7 Å². The summed E-state index contributed by atoms with van der Waals surface area (Å²) in [4.78, 5) is 14.5. The van der Waals surface area contributed by atoms with E-state index in [9.17, 15) is 9.90 Å². The van der Waals surface area contributed by atoms with Crippen LogP contribution in [-0.2, 0) is 14.9 Å². The normalized spacial score (nSPS) is 38.6. The fourth-order valence-corrected chi connectivity index (χ4v) is 6.73. The standard InChI is InChI=1S/C24H33NO4/c1-6-23-10-7-12-25-13-11-24(22(23)25,16(3)20(27)21(23)29-17(4)26)19-9-8-18(28-5)14-15(19)2/h7-10,14,16,20-22,27H,6,11-13H2,1-5H3/t16?,20?,21?,22?,23-,24?/m0/s1. The van der Waals surface area contributed by atoms with Crippen LogP contribution in [0.4, 0.5) is 0 Å². The van der Waals surface area contributed by atoms with Crippen molar-refractivity contribution in [1.82, 2.24) is 4.90 Å². The Kier molecular flexibility index (Phi) is 5.02. The first-order chi connectivity index (χ1) is 13.8. The number of hydrogen-bond donors (Lipinski definition) is 1. The van der Waals surface area contributed by atoms with Gasteiger partial charge in [-0.15, -0.1) is 0 Å². The SMILES string of the molecule is CC[C@]12C=CCN3CCC(c4ccc(OC)cc4C)(C(C)C(O)C1OC(C)=O)C32. The number of aryl methyl sites for hydroxylation is 1. The summed E-state index contributed by atoms with van der Waals surface area (Å²) in [7, 11) is 1.69. The molecule has 158 valence electrons. The molecule has 5 heteroatoms. The van der Waals surface area contributed by atoms with Crippen LogP contribution in [0, 0.1) is 18.3 Å². The molecule has 2 aliphatic heterocycles. The van der Waals surface area contributed by atoms with Gasteiger partial charge in [-0.3, -0.25) is 9.69 Å². The largest absolute Gasteiger partial charge is 0.497 e. The van der Waals surface area contributed by atoms with E-state index in [0.29, 0.717) is 0 Å². The molecule has 2 heterocycles. The lowest BCUT2D eigenvalue weighted by molar-refractivity contribution is -0.193. The highest BCUT2D eigenvalue weighted by molar-refractivity contribution is 5.66. The third-order valence-electron chi connectivity index (χ3n) is 7.95. The van der Waals surface area contributed by atoms with Crippen LogP contribution in [0.3, 0.4) is 0 Å². The molecule has 4 rings (SSSR count). The van der Waals surface area contributed by atoms with Crippen molar-refractivity contribution in [3.05, 3.63) is 41.5 Å². The Hall–Kier alpha value is -1.85. The summed E-state index contributed by atoms with van der Waals surface area (Å²) in [5.74, 6) is 0.482. The van der Waals surface area contributed by atoms with Gasteiger partial charge in [0.15, 0.2) is 0 Å². The van der Waals surface area contributed by atoms with E-state index in [1.54, 1.807) is 7.11 Å². The Bertz CT molecular complexity index is 836. The Morgan fingerprint density at radius 3 is 2.76 bits per heavy atom. The van der Waals surface area contributed by atoms with Crippen LogP contribution in [0.5, 0.6) is 5.75 Å². The highest BCUT2D eigenvalue weighted by Crippen LogP contribution is 2.62. The lowest BCUT2D eigenvalue weighted by Gasteiger charge is -2.61. The van der Waals surface area contributed by atoms with Crippen LogP contribution >= 0.6 is 0 Å². The minimum absolute atomic E-state index is 0.0416. The number of aliphatic hydroxyl groups excluding tert-OH is 1. The number of aliphatic hydroxyl groups is 1. The fourth-order valence-electron chi connectivity index (χ4n) is 6.73. The second-order valence-corrected chi connectivity index (χ2v) is 9.05. The molecular weight excluding hydrogens is 366 g/mol. The van der Waals surface area contributed by atoms with Gasteiger partial charge in [0.25, 0.3) is 0 Å². The molecule has 1 aromatic carbocycles. The molecule has 1 aromatic rings. The average molecular weight is 400 g/mol. The number of nitrogens with zero attached hydrogens (tertiary/aromatic N) is 1. The van der Waals surface area contributed by atoms with Crippen molar-refractivity contribution in [2.75, 3.05) is 20.2 Å². The number of carbonyl (C=O) groups excluding carboxylic acids is 1. The van der Waals surface area contributed by atoms with Crippen molar-refractivity contribution in [2.45, 2.75) is 64.2 Å². The second kappa shape index (κ2) is 7.13. The lowest BCUT2D eigenvalue weighted by atomic mass is 9.48. The molecule has 2 fully saturated rings. The molecule has 0 spiro atoms. The number of esters is 1. The molecule has 1 saturated heterocycles. The van der Waals surface area contributed by atoms with Gasteiger partial charge in [0.1, 0.15) is 11.9 Å². The number of benzene rings is 1. The zero-order valence-electron chi connectivity index (χ0n) is 18.1. The lowest BCUT2D eigenvalue weighted by Crippen LogP contribution is -2.70. The van der Waals surface area contributed by atoms with E-state index in [2.05, 4.69) is 50.0 Å². The molecule has 1 N–H and O–H groups in total. The summed E-state index contributed by atoms with van der Waals surface area (Å²) in [5.41, 5.74) is 1.87. The predicted octanol–water partition coefficient (Wildman–Crippen LogP) is 3.22. The molecule has 5 unspecified atom stereocenters. The maximum absolute atomic E-state index is 12.0. The molecule has 3 aliphatic rings. The first-order valence-corrected chi connectivity index (χ1v) is 10.7. The summed E-state index contributed by atoms with van der Waals surface area (Å²) in [5, 5.41) is 11.5. The Labute approximate surface area is 173 Å². The summed E-state index contributed by atoms with van der Waals surface area (Å²) in [6, 6.07) is 6.49. The van der Waals surface area contributed by atoms with Gasteiger partial charge in [-0.2, -0.15) is 0 Å². The van der Waals surface area contributed by atoms with Crippen molar-refractivity contribution in [1.29, 1.82) is 0 Å². The highest BCUT2D eigenvalue weighted by Gasteiger charge is 2.69. The molecule has 6 atom stereocenters. The van der Waals surface area contributed by atoms with Crippen molar-refractivity contribution >= 4 is 5.97 Å². The quantitative estimate of drug-likeness (QED) is 0.622. The van der Waals surface area contributed by atoms with E-state index in [4.69, 9.17) is 9.47 Å². The number of ether oxygens (including phenoxy) is 2. The fraction of sp³-hybridized carbons (Fsp3) is 0.625. The second-order valence-electron chi connectivity index (χ2n) is 9.05. The summed E-state index contributed by atoms with van der Waals surface area (Å²) < 4.78 is 11.3. The van der Waals surface area contributed by atoms with E-state index < -0.39 is 17.6 Å². The Morgan fingerprint density at radius 2 is 2.14 bits per heavy atom. The van der Waals surface area contributed by atoms with Crippen molar-refractivity contribution in [3.63, 3.8) is 0 Å². The topological polar surface area (TPSA) is 59.0 Å². The Morgan fingerprint density at radius 1 is 1.38 bits per heavy atom. The predicted molar refractivity (Wildman–Crippen MR) is 112 cm³/mol. The Balaban J connectivity index is 1.94. The monoisotopic (exact) mass is 399 g/mol. The maximum Gasteiger partial charge on any atom is 0.303 e. The molecule has 1 saturated carbocycles. The van der Waals surface area contributed by atoms with E-state index in [-0.39, 0.29) is 23.3 Å². The first kappa shape index (κ1) is 20.4. The first-order valence-electron chi connectivity index (χ1n) is 10.7. The zero-order chi connectivity index (χ0) is 21.0. The third kappa shape index (κ3) is 2.70. The molecule has 5 nitrogen and oxygen atoms in total. The maximum atomic E-state index is 12.0. The van der Waals surface area contributed by atoms with Crippen LogP contribution in [0.15, 0.2) is 30.4 Å². The minimum Gasteiger partial charge on any atom is -0.497 e. The summed E-state index contributed by atoms with van der Waals surface area (Å²) in [6.07, 6.45) is 4.96. The third-order valence-corrected chi connectivity index (χ3v) is 7.95. The number of hydrogen-bond acceptors (Lipinski definition) is 5. The summed E-state index contributed by atoms with van der Waals surface area (Å²) >= 11 is 0. The van der Waals surface area contributed by atoms with Crippen LogP contribution in [0.25, 0.3) is 0 Å². The van der Waals surface area contributed by atoms with Gasteiger partial charge in [-0.1, -0.05) is 32.1 Å². The van der Waals surface area contributed by atoms with E-state index >= 15 is 0 Å². The van der Waals surface area contributed by atoms with Gasteiger partial charge >= 0.3 is 5.97 Å². The molecule has 0 amide bonds. The van der Waals surface area contributed by atoms with Crippen LogP contribution in [-0.4, -0.2) is 54.4 Å². The number of rotatable bonds is 4. The van der Waals surface area contributed by atoms with Crippen molar-refractivity contribution < 1.29 is 19.4 Å². The highest BCUT2D eigenvalue weighted by atomic mass is 16.6. The molecular formula is C24H33NO4. The smallest absolute Gasteiger partial charge is 0.303 e. The van der Waals surface area contributed by atoms with E-state index in [1.165, 1.54) is 18.1 Å². The molecule has 29 heavy (non-hydrogen) atoms. The van der Waals surface area contributed by atoms with Gasteiger partial charge in [-0.05, 0) is 55.5 Å². The van der Waals surface area contributed by atoms with Gasteiger partial charge in [0.2, 0.25) is 0 Å². The van der Waals surface area contributed by atoms with E-state index in [1.807, 2.05) is 6.07 Å². The van der Waals surface area contributed by atoms with Crippen molar-refractivity contribution in [3.8, 4) is 5.75 Å². The number of carbonyl (C=O) groups is 1. The minimum atomic E-state index is -0.723. The van der Waals surface area contributed by atoms with Crippen LogP contribution < -0.4 is 4.74 Å². The molecule has 0 bridgehead atoms. The van der Waals surface area contributed by atoms with Gasteiger partial charge in [-0.25, -0.2) is 0 Å². The molecule has 0 aromatic heterocycles. The summed E-state index contributed by atoms with van der Waals surface area (Å²) in [6.45, 7) is 9.74. The van der Waals surface area contributed by atoms with Gasteiger partial charge in [0, 0.05) is 30.3 Å². The van der Waals surface area contributed by atoms with Gasteiger partial charge < -0.3 is 14.6 Å². The zero-order valence-corrected chi connectivity index (χ0v) is 18.1. The van der Waals surface area contributed by atoms with Crippen LogP contribution in [0.2, 0.25) is 0 Å². The number of methoxy groups -OCH3 is 1. The van der Waals surface area contributed by atoms with Crippen LogP contribution in [0.1, 0.15) is 44.7 Å². The van der Waals surface area contributed by atoms with Gasteiger partial charge in [0.05, 0.1) is 13.2 Å².